The van der Waals surface area contributed by atoms with Gasteiger partial charge in [-0.2, -0.15) is 0 Å². The molecule has 1 aliphatic carbocycles. The van der Waals surface area contributed by atoms with Gasteiger partial charge in [0.1, 0.15) is 0 Å². The Labute approximate surface area is 181 Å². The Kier molecular flexibility index (Phi) is 3.08. The van der Waals surface area contributed by atoms with Crippen molar-refractivity contribution in [3.8, 4) is 28.7 Å². The third-order valence-corrected chi connectivity index (χ3v) is 5.98. The first kappa shape index (κ1) is 13.2. The zero-order valence-corrected chi connectivity index (χ0v) is 15.8. The van der Waals surface area contributed by atoms with Crippen molar-refractivity contribution in [1.82, 2.24) is 0 Å². The number of aliphatic hydroxyl groups is 1. The molecule has 1 N–H and O–H groups in total. The van der Waals surface area contributed by atoms with Crippen LogP contribution < -0.4 is 23.7 Å². The van der Waals surface area contributed by atoms with Crippen molar-refractivity contribution < 1.29 is 46.5 Å². The van der Waals surface area contributed by atoms with Crippen molar-refractivity contribution in [3.05, 3.63) is 41.0 Å². The van der Waals surface area contributed by atoms with Gasteiger partial charge in [0.05, 0.1) is 48.0 Å². The Bertz CT molecular complexity index is 1210. The number of methoxy groups -OCH3 is 3. The summed E-state index contributed by atoms with van der Waals surface area (Å²) in [6.07, 6.45) is -1.03. The molecule has 1 fully saturated rings. The Hall–Kier alpha value is -3.13. The number of carbonyl (C=O) groups is 1. The van der Waals surface area contributed by atoms with Crippen LogP contribution in [0.2, 0.25) is 0 Å². The molecule has 2 aromatic rings. The monoisotopic (exact) mass is 420 g/mol. The van der Waals surface area contributed by atoms with Gasteiger partial charge in [-0.05, 0) is 41.0 Å². The van der Waals surface area contributed by atoms with Crippen LogP contribution in [0.3, 0.4) is 0 Å². The Morgan fingerprint density at radius 3 is 2.40 bits per heavy atom. The van der Waals surface area contributed by atoms with E-state index in [1.807, 2.05) is 0 Å². The van der Waals surface area contributed by atoms with E-state index in [2.05, 4.69) is 0 Å². The van der Waals surface area contributed by atoms with Gasteiger partial charge < -0.3 is 33.5 Å². The lowest BCUT2D eigenvalue weighted by Gasteiger charge is -2.37. The van der Waals surface area contributed by atoms with E-state index in [9.17, 15) is 9.90 Å². The van der Waals surface area contributed by atoms with Crippen LogP contribution in [0.1, 0.15) is 36.9 Å². The highest BCUT2D eigenvalue weighted by atomic mass is 16.7. The molecule has 0 bridgehead atoms. The van der Waals surface area contributed by atoms with E-state index in [0.717, 1.165) is 0 Å². The molecule has 2 heterocycles. The molecule has 2 aliphatic heterocycles. The number of aliphatic hydroxyl groups excluding tert-OH is 1. The molecular weight excluding hydrogens is 392 g/mol. The minimum atomic E-state index is -2.95. The van der Waals surface area contributed by atoms with Gasteiger partial charge in [-0.15, -0.1) is 0 Å². The quantitative estimate of drug-likeness (QED) is 0.754. The molecule has 30 heavy (non-hydrogen) atoms. The standard InChI is InChI=1S/C22H22O8/c1-25-16-4-10(5-17(26-2)21(16)27-3)18-11-6-14-15(30-9-29-14)7-12(11)20(23)13-8-28-22(24)19(13)18/h4-7,13,18-20,23H,8-9H2,1-3H3/t13-,18+,19+,20-/m0/s1/i1D3,3D3. The van der Waals surface area contributed by atoms with E-state index in [-0.39, 0.29) is 19.1 Å². The summed E-state index contributed by atoms with van der Waals surface area (Å²) in [5, 5.41) is 11.1. The molecule has 0 amide bonds. The van der Waals surface area contributed by atoms with E-state index >= 15 is 0 Å². The highest BCUT2D eigenvalue weighted by Crippen LogP contribution is 2.55. The van der Waals surface area contributed by atoms with Gasteiger partial charge in [0.15, 0.2) is 23.0 Å². The second-order valence-corrected chi connectivity index (χ2v) is 7.33. The topological polar surface area (TPSA) is 92.7 Å². The number of carbonyl (C=O) groups excluding carboxylic acids is 1. The maximum Gasteiger partial charge on any atom is 0.310 e. The predicted octanol–water partition coefficient (Wildman–Crippen LogP) is 2.41. The van der Waals surface area contributed by atoms with E-state index < -0.39 is 55.4 Å². The number of fused-ring (bicyclic) bond motifs is 3. The van der Waals surface area contributed by atoms with Crippen LogP contribution in [0.4, 0.5) is 0 Å². The van der Waals surface area contributed by atoms with Gasteiger partial charge in [0.25, 0.3) is 0 Å². The minimum Gasteiger partial charge on any atom is -0.493 e. The van der Waals surface area contributed by atoms with Crippen LogP contribution in [0.15, 0.2) is 24.3 Å². The molecule has 0 unspecified atom stereocenters. The third kappa shape index (κ3) is 2.60. The number of ether oxygens (including phenoxy) is 6. The van der Waals surface area contributed by atoms with E-state index in [1.165, 1.54) is 19.2 Å². The number of hydrogen-bond acceptors (Lipinski definition) is 8. The third-order valence-electron chi connectivity index (χ3n) is 5.98. The summed E-state index contributed by atoms with van der Waals surface area (Å²) in [6, 6.07) is 6.07. The zero-order valence-electron chi connectivity index (χ0n) is 21.8. The lowest BCUT2D eigenvalue weighted by molar-refractivity contribution is -0.141. The summed E-state index contributed by atoms with van der Waals surface area (Å²) in [7, 11) is -4.62. The fourth-order valence-electron chi connectivity index (χ4n) is 4.64. The van der Waals surface area contributed by atoms with Crippen LogP contribution in [-0.4, -0.2) is 45.7 Å². The van der Waals surface area contributed by atoms with Crippen LogP contribution >= 0.6 is 0 Å². The Balaban J connectivity index is 1.72. The molecule has 8 heteroatoms. The van der Waals surface area contributed by atoms with Crippen LogP contribution in [0.5, 0.6) is 28.7 Å². The molecule has 0 saturated carbocycles. The molecule has 158 valence electrons. The number of rotatable bonds is 4. The van der Waals surface area contributed by atoms with Crippen molar-refractivity contribution >= 4 is 5.97 Å². The van der Waals surface area contributed by atoms with Crippen LogP contribution in [0.25, 0.3) is 0 Å². The summed E-state index contributed by atoms with van der Waals surface area (Å²) in [5.41, 5.74) is 1.41. The molecule has 3 aliphatic rings. The first-order chi connectivity index (χ1) is 16.9. The average Bonchev–Trinajstić information content (AvgIpc) is 3.39. The lowest BCUT2D eigenvalue weighted by Crippen LogP contribution is -2.34. The average molecular weight is 420 g/mol. The maximum atomic E-state index is 12.9. The lowest BCUT2D eigenvalue weighted by atomic mass is 9.66. The first-order valence-corrected chi connectivity index (χ1v) is 9.24. The van der Waals surface area contributed by atoms with E-state index in [4.69, 9.17) is 36.6 Å². The number of hydrogen-bond donors (Lipinski definition) is 1. The van der Waals surface area contributed by atoms with Crippen molar-refractivity contribution in [2.24, 2.45) is 11.8 Å². The summed E-state index contributed by atoms with van der Waals surface area (Å²) in [6.45, 7) is -0.00943. The Morgan fingerprint density at radius 1 is 1.00 bits per heavy atom. The molecular formula is C22H22O8. The fourth-order valence-corrected chi connectivity index (χ4v) is 4.64. The Morgan fingerprint density at radius 2 is 1.70 bits per heavy atom. The molecule has 2 aromatic carbocycles. The number of esters is 1. The molecule has 0 spiro atoms. The van der Waals surface area contributed by atoms with Crippen LogP contribution in [0, 0.1) is 11.8 Å². The van der Waals surface area contributed by atoms with Crippen LogP contribution in [-0.2, 0) is 9.53 Å². The van der Waals surface area contributed by atoms with Gasteiger partial charge in [-0.1, -0.05) is 0 Å². The smallest absolute Gasteiger partial charge is 0.310 e. The predicted molar refractivity (Wildman–Crippen MR) is 103 cm³/mol. The molecule has 8 nitrogen and oxygen atoms in total. The number of benzene rings is 2. The molecule has 0 radical (unpaired) electrons. The first-order valence-electron chi connectivity index (χ1n) is 12.2. The minimum absolute atomic E-state index is 0.000556. The molecule has 1 saturated heterocycles. The summed E-state index contributed by atoms with van der Waals surface area (Å²) in [5.74, 6) is -2.77. The van der Waals surface area contributed by atoms with Crippen molar-refractivity contribution in [3.63, 3.8) is 0 Å². The van der Waals surface area contributed by atoms with Gasteiger partial charge in [0, 0.05) is 11.8 Å². The second-order valence-electron chi connectivity index (χ2n) is 7.33. The maximum absolute atomic E-state index is 12.9. The van der Waals surface area contributed by atoms with Crippen molar-refractivity contribution in [1.29, 1.82) is 0 Å². The summed E-state index contributed by atoms with van der Waals surface area (Å²) >= 11 is 0. The van der Waals surface area contributed by atoms with Gasteiger partial charge in [-0.3, -0.25) is 4.79 Å². The largest absolute Gasteiger partial charge is 0.493 e. The summed E-state index contributed by atoms with van der Waals surface area (Å²) in [4.78, 5) is 12.9. The van der Waals surface area contributed by atoms with Gasteiger partial charge in [-0.25, -0.2) is 0 Å². The molecule has 4 atom stereocenters. The summed E-state index contributed by atoms with van der Waals surface area (Å²) < 4.78 is 76.8. The highest BCUT2D eigenvalue weighted by Gasteiger charge is 2.52. The molecule has 5 rings (SSSR count). The normalized spacial score (nSPS) is 29.7. The zero-order chi connectivity index (χ0) is 26.0. The molecule has 0 aromatic heterocycles. The number of cyclic esters (lactones) is 1. The van der Waals surface area contributed by atoms with Gasteiger partial charge in [0.2, 0.25) is 12.5 Å². The van der Waals surface area contributed by atoms with E-state index in [0.29, 0.717) is 28.2 Å². The van der Waals surface area contributed by atoms with Gasteiger partial charge >= 0.3 is 5.97 Å². The highest BCUT2D eigenvalue weighted by molar-refractivity contribution is 5.79. The fraction of sp³-hybridized carbons (Fsp3) is 0.409. The SMILES string of the molecule is [2H]C([2H])([2H])Oc1cc([C@@H]2c3cc4c(cc3[C@H](O)[C@H]3COC(=O)[C@@H]23)OCO4)cc(OC)c1OC([2H])([2H])[2H]. The van der Waals surface area contributed by atoms with Crippen molar-refractivity contribution in [2.75, 3.05) is 34.6 Å². The van der Waals surface area contributed by atoms with E-state index in [1.54, 1.807) is 12.1 Å². The second kappa shape index (κ2) is 6.98. The van der Waals surface area contributed by atoms with Crippen molar-refractivity contribution in [2.45, 2.75) is 12.0 Å².